The van der Waals surface area contributed by atoms with Crippen LogP contribution in [0.1, 0.15) is 12.5 Å². The second-order valence-corrected chi connectivity index (χ2v) is 6.07. The molecule has 1 aromatic heterocycles. The molecule has 0 aliphatic carbocycles. The Bertz CT molecular complexity index is 773. The van der Waals surface area contributed by atoms with E-state index in [1.54, 1.807) is 12.1 Å². The molecule has 0 spiro atoms. The summed E-state index contributed by atoms with van der Waals surface area (Å²) in [5, 5.41) is 4.31. The molecular formula is C17H22FN7O. The molecular weight excluding hydrogens is 337 g/mol. The largest absolute Gasteiger partial charge is 0.378 e. The lowest BCUT2D eigenvalue weighted by atomic mass is 10.1. The minimum absolute atomic E-state index is 0.280. The fourth-order valence-electron chi connectivity index (χ4n) is 2.40. The summed E-state index contributed by atoms with van der Waals surface area (Å²) >= 11 is 0. The van der Waals surface area contributed by atoms with Crippen LogP contribution in [0.5, 0.6) is 0 Å². The lowest BCUT2D eigenvalue weighted by Crippen LogP contribution is -2.37. The minimum atomic E-state index is -0.280. The Morgan fingerprint density at radius 3 is 2.50 bits per heavy atom. The molecule has 1 N–H and O–H groups in total. The highest BCUT2D eigenvalue weighted by atomic mass is 19.1. The molecule has 9 heteroatoms. The molecule has 3 rings (SSSR count). The number of aromatic nitrogens is 3. The van der Waals surface area contributed by atoms with Gasteiger partial charge in [0.05, 0.1) is 18.9 Å². The van der Waals surface area contributed by atoms with Crippen LogP contribution in [-0.2, 0) is 4.74 Å². The van der Waals surface area contributed by atoms with E-state index in [4.69, 9.17) is 4.74 Å². The third-order valence-corrected chi connectivity index (χ3v) is 3.89. The number of hydrogen-bond acceptors (Lipinski definition) is 8. The minimum Gasteiger partial charge on any atom is -0.378 e. The first kappa shape index (κ1) is 18.0. The Morgan fingerprint density at radius 2 is 1.85 bits per heavy atom. The summed E-state index contributed by atoms with van der Waals surface area (Å²) in [4.78, 5) is 17.2. The Labute approximate surface area is 151 Å². The molecule has 0 saturated carbocycles. The van der Waals surface area contributed by atoms with Gasteiger partial charge in [0, 0.05) is 27.2 Å². The van der Waals surface area contributed by atoms with Crippen molar-refractivity contribution in [1.82, 2.24) is 15.0 Å². The number of ether oxygens (including phenoxy) is 1. The van der Waals surface area contributed by atoms with Crippen molar-refractivity contribution in [2.75, 3.05) is 55.6 Å². The molecule has 1 aliphatic rings. The number of rotatable bonds is 5. The zero-order valence-electron chi connectivity index (χ0n) is 15.1. The first-order valence-electron chi connectivity index (χ1n) is 8.35. The third kappa shape index (κ3) is 4.42. The molecule has 0 atom stereocenters. The van der Waals surface area contributed by atoms with Crippen molar-refractivity contribution < 1.29 is 9.13 Å². The number of benzene rings is 1. The van der Waals surface area contributed by atoms with Crippen molar-refractivity contribution in [3.05, 3.63) is 35.6 Å². The van der Waals surface area contributed by atoms with Crippen LogP contribution in [0.4, 0.5) is 22.2 Å². The lowest BCUT2D eigenvalue weighted by Gasteiger charge is -2.27. The van der Waals surface area contributed by atoms with Crippen molar-refractivity contribution in [3.63, 3.8) is 0 Å². The molecule has 138 valence electrons. The first-order valence-corrected chi connectivity index (χ1v) is 8.35. The zero-order chi connectivity index (χ0) is 18.5. The molecule has 1 fully saturated rings. The Kier molecular flexibility index (Phi) is 5.57. The van der Waals surface area contributed by atoms with E-state index >= 15 is 0 Å². The molecule has 2 aromatic rings. The Hall–Kier alpha value is -2.81. The van der Waals surface area contributed by atoms with Gasteiger partial charge in [0.1, 0.15) is 5.82 Å². The molecule has 1 aliphatic heterocycles. The smallest absolute Gasteiger partial charge is 0.250 e. The van der Waals surface area contributed by atoms with E-state index in [0.717, 1.165) is 18.7 Å². The van der Waals surface area contributed by atoms with Crippen LogP contribution in [0.3, 0.4) is 0 Å². The van der Waals surface area contributed by atoms with E-state index in [2.05, 4.69) is 30.4 Å². The summed E-state index contributed by atoms with van der Waals surface area (Å²) in [5.74, 6) is 1.20. The topological polar surface area (TPSA) is 78.8 Å². The molecule has 0 unspecified atom stereocenters. The number of halogens is 1. The maximum Gasteiger partial charge on any atom is 0.250 e. The number of nitrogens with one attached hydrogen (secondary N) is 1. The van der Waals surface area contributed by atoms with E-state index in [1.807, 2.05) is 25.9 Å². The highest BCUT2D eigenvalue weighted by Crippen LogP contribution is 2.16. The van der Waals surface area contributed by atoms with Crippen LogP contribution < -0.4 is 15.2 Å². The predicted octanol–water partition coefficient (Wildman–Crippen LogP) is 1.75. The van der Waals surface area contributed by atoms with Gasteiger partial charge in [-0.05, 0) is 24.6 Å². The van der Waals surface area contributed by atoms with Gasteiger partial charge in [-0.3, -0.25) is 0 Å². The van der Waals surface area contributed by atoms with Gasteiger partial charge < -0.3 is 14.5 Å². The zero-order valence-corrected chi connectivity index (χ0v) is 15.1. The number of morpholine rings is 1. The van der Waals surface area contributed by atoms with Crippen molar-refractivity contribution in [2.24, 2.45) is 5.10 Å². The van der Waals surface area contributed by atoms with Gasteiger partial charge in [-0.25, -0.2) is 9.82 Å². The van der Waals surface area contributed by atoms with E-state index in [0.29, 0.717) is 36.8 Å². The lowest BCUT2D eigenvalue weighted by molar-refractivity contribution is 0.122. The maximum absolute atomic E-state index is 13.0. The fourth-order valence-corrected chi connectivity index (χ4v) is 2.40. The molecule has 26 heavy (non-hydrogen) atoms. The van der Waals surface area contributed by atoms with Gasteiger partial charge in [-0.15, -0.1) is 0 Å². The molecule has 0 amide bonds. The van der Waals surface area contributed by atoms with E-state index in [-0.39, 0.29) is 5.82 Å². The first-order chi connectivity index (χ1) is 12.5. The molecule has 0 bridgehead atoms. The number of hydrogen-bond donors (Lipinski definition) is 1. The molecule has 2 heterocycles. The van der Waals surface area contributed by atoms with Gasteiger partial charge in [0.25, 0.3) is 0 Å². The van der Waals surface area contributed by atoms with Crippen LogP contribution in [0.15, 0.2) is 29.4 Å². The van der Waals surface area contributed by atoms with Gasteiger partial charge >= 0.3 is 0 Å². The van der Waals surface area contributed by atoms with Crippen LogP contribution in [-0.4, -0.2) is 61.1 Å². The maximum atomic E-state index is 13.0. The standard InChI is InChI=1S/C17H22FN7O/c1-12(13-4-6-14(18)7-5-13)22-23-15-19-16(24(2)3)21-17(20-15)25-8-10-26-11-9-25/h4-7H,8-11H2,1-3H3,(H,19,20,21,23)/b22-12-. The molecule has 8 nitrogen and oxygen atoms in total. The quantitative estimate of drug-likeness (QED) is 0.643. The van der Waals surface area contributed by atoms with Crippen LogP contribution >= 0.6 is 0 Å². The average Bonchev–Trinajstić information content (AvgIpc) is 2.67. The molecule has 1 saturated heterocycles. The highest BCUT2D eigenvalue weighted by Gasteiger charge is 2.17. The monoisotopic (exact) mass is 359 g/mol. The number of nitrogens with zero attached hydrogens (tertiary/aromatic N) is 6. The van der Waals surface area contributed by atoms with Crippen molar-refractivity contribution in [2.45, 2.75) is 6.92 Å². The van der Waals surface area contributed by atoms with Gasteiger partial charge in [-0.1, -0.05) is 12.1 Å². The summed E-state index contributed by atoms with van der Waals surface area (Å²) in [6, 6.07) is 6.15. The van der Waals surface area contributed by atoms with E-state index in [1.165, 1.54) is 12.1 Å². The summed E-state index contributed by atoms with van der Waals surface area (Å²) in [5.41, 5.74) is 4.39. The molecule has 0 radical (unpaired) electrons. The second kappa shape index (κ2) is 8.05. The Balaban J connectivity index is 1.82. The van der Waals surface area contributed by atoms with Crippen LogP contribution in [0.25, 0.3) is 0 Å². The van der Waals surface area contributed by atoms with Crippen LogP contribution in [0, 0.1) is 5.82 Å². The summed E-state index contributed by atoms with van der Waals surface area (Å²) < 4.78 is 18.4. The second-order valence-electron chi connectivity index (χ2n) is 6.07. The molecule has 1 aromatic carbocycles. The number of hydrazone groups is 1. The van der Waals surface area contributed by atoms with Gasteiger partial charge in [0.2, 0.25) is 17.8 Å². The van der Waals surface area contributed by atoms with Crippen molar-refractivity contribution in [3.8, 4) is 0 Å². The summed E-state index contributed by atoms with van der Waals surface area (Å²) in [6.45, 7) is 4.58. The normalized spacial score (nSPS) is 15.1. The summed E-state index contributed by atoms with van der Waals surface area (Å²) in [6.07, 6.45) is 0. The van der Waals surface area contributed by atoms with Gasteiger partial charge in [-0.2, -0.15) is 20.1 Å². The predicted molar refractivity (Wildman–Crippen MR) is 99.4 cm³/mol. The number of anilines is 3. The highest BCUT2D eigenvalue weighted by molar-refractivity contribution is 5.98. The van der Waals surface area contributed by atoms with Crippen molar-refractivity contribution >= 4 is 23.6 Å². The van der Waals surface area contributed by atoms with E-state index in [9.17, 15) is 4.39 Å². The van der Waals surface area contributed by atoms with Gasteiger partial charge in [0.15, 0.2) is 0 Å². The Morgan fingerprint density at radius 1 is 1.15 bits per heavy atom. The summed E-state index contributed by atoms with van der Waals surface area (Å²) in [7, 11) is 3.74. The fraction of sp³-hybridized carbons (Fsp3) is 0.412. The third-order valence-electron chi connectivity index (χ3n) is 3.89. The van der Waals surface area contributed by atoms with Crippen molar-refractivity contribution in [1.29, 1.82) is 0 Å². The average molecular weight is 359 g/mol. The van der Waals surface area contributed by atoms with Crippen LogP contribution in [0.2, 0.25) is 0 Å². The SMILES string of the molecule is C/C(=N/Nc1nc(N(C)C)nc(N2CCOCC2)n1)c1ccc(F)cc1. The van der Waals surface area contributed by atoms with E-state index < -0.39 is 0 Å².